The Morgan fingerprint density at radius 2 is 1.52 bits per heavy atom. The van der Waals surface area contributed by atoms with Gasteiger partial charge in [0, 0.05) is 87.4 Å². The number of nitriles is 1. The number of nitrogens with one attached hydrogen (secondary N) is 2. The third kappa shape index (κ3) is 6.27. The molecule has 3 aromatic rings. The standard InChI is InChI=1S/C40H41F3N10O5/c1-39(2,38(58)46-23-4-3-22(13-44)32(11-23)40(41,42)43)51-21-27(14-45-51)49-19-29(20-49)52-25-5-6-26(52)16-50(15-25)28-17-48(18-28)24-7-8-30-31(12-24)37(57)53(36(30)56)33-9-10-34(54)47-35(33)55/h3-4,7-8,11-12,14,21,25-26,28-29,33H,5-6,9-10,15-20H2,1-2H3,(H,46,58)(H,47,54,55). The molecular weight excluding hydrogens is 757 g/mol. The first kappa shape index (κ1) is 37.8. The number of hydrogen-bond donors (Lipinski definition) is 2. The molecule has 2 N–H and O–H groups in total. The molecule has 7 heterocycles. The number of rotatable bonds is 8. The van der Waals surface area contributed by atoms with Crippen molar-refractivity contribution in [1.29, 1.82) is 5.26 Å². The molecule has 58 heavy (non-hydrogen) atoms. The maximum atomic E-state index is 13.5. The smallest absolute Gasteiger partial charge is 0.368 e. The molecule has 5 amide bonds. The van der Waals surface area contributed by atoms with Crippen LogP contribution in [0.3, 0.4) is 0 Å². The molecule has 18 heteroatoms. The maximum absolute atomic E-state index is 13.5. The van der Waals surface area contributed by atoms with E-state index in [1.807, 2.05) is 6.07 Å². The van der Waals surface area contributed by atoms with Gasteiger partial charge in [0.1, 0.15) is 11.6 Å². The predicted molar refractivity (Wildman–Crippen MR) is 202 cm³/mol. The average molecular weight is 799 g/mol. The van der Waals surface area contributed by atoms with E-state index in [9.17, 15) is 37.1 Å². The van der Waals surface area contributed by atoms with Gasteiger partial charge in [-0.05, 0) is 69.5 Å². The van der Waals surface area contributed by atoms with Crippen molar-refractivity contribution in [2.45, 2.75) is 81.5 Å². The zero-order valence-corrected chi connectivity index (χ0v) is 31.8. The summed E-state index contributed by atoms with van der Waals surface area (Å²) in [4.78, 5) is 74.5. The molecule has 0 saturated carbocycles. The van der Waals surface area contributed by atoms with Crippen molar-refractivity contribution in [3.05, 3.63) is 71.0 Å². The molecule has 9 rings (SSSR count). The van der Waals surface area contributed by atoms with Crippen LogP contribution < -0.4 is 20.4 Å². The summed E-state index contributed by atoms with van der Waals surface area (Å²) < 4.78 is 42.0. The number of carbonyl (C=O) groups excluding carboxylic acids is 5. The Labute approximate surface area is 331 Å². The molecule has 0 spiro atoms. The number of benzene rings is 2. The van der Waals surface area contributed by atoms with Gasteiger partial charge in [-0.3, -0.25) is 48.7 Å². The van der Waals surface area contributed by atoms with Crippen molar-refractivity contribution in [3.8, 4) is 6.07 Å². The highest BCUT2D eigenvalue weighted by Gasteiger charge is 2.50. The number of imide groups is 2. The lowest BCUT2D eigenvalue weighted by atomic mass is 9.98. The van der Waals surface area contributed by atoms with Crippen LogP contribution in [-0.4, -0.2) is 123 Å². The van der Waals surface area contributed by atoms with E-state index in [-0.39, 0.29) is 29.7 Å². The lowest BCUT2D eigenvalue weighted by Crippen LogP contribution is -2.70. The van der Waals surface area contributed by atoms with Gasteiger partial charge in [0.05, 0.1) is 40.2 Å². The molecule has 0 radical (unpaired) electrons. The second-order valence-corrected chi connectivity index (χ2v) is 16.6. The molecule has 3 unspecified atom stereocenters. The van der Waals surface area contributed by atoms with Gasteiger partial charge >= 0.3 is 6.18 Å². The van der Waals surface area contributed by atoms with Crippen molar-refractivity contribution in [2.75, 3.05) is 54.4 Å². The summed E-state index contributed by atoms with van der Waals surface area (Å²) in [5.74, 6) is -2.61. The minimum absolute atomic E-state index is 0.0659. The lowest BCUT2D eigenvalue weighted by molar-refractivity contribution is -0.138. The highest BCUT2D eigenvalue weighted by molar-refractivity contribution is 6.23. The number of halogens is 3. The fourth-order valence-electron chi connectivity index (χ4n) is 9.39. The monoisotopic (exact) mass is 798 g/mol. The largest absolute Gasteiger partial charge is 0.417 e. The van der Waals surface area contributed by atoms with Crippen LogP contribution in [0.2, 0.25) is 0 Å². The van der Waals surface area contributed by atoms with Crippen LogP contribution in [-0.2, 0) is 26.1 Å². The van der Waals surface area contributed by atoms with Gasteiger partial charge in [0.2, 0.25) is 11.8 Å². The Morgan fingerprint density at radius 1 is 0.845 bits per heavy atom. The van der Waals surface area contributed by atoms with Crippen molar-refractivity contribution in [1.82, 2.24) is 29.8 Å². The molecule has 1 aromatic heterocycles. The molecule has 6 aliphatic heterocycles. The number of anilines is 3. The molecule has 2 bridgehead atoms. The zero-order chi connectivity index (χ0) is 40.8. The summed E-state index contributed by atoms with van der Waals surface area (Å²) in [6.45, 7) is 8.44. The number of carbonyl (C=O) groups is 5. The van der Waals surface area contributed by atoms with E-state index >= 15 is 0 Å². The number of fused-ring (bicyclic) bond motifs is 3. The Kier molecular flexibility index (Phi) is 8.89. The van der Waals surface area contributed by atoms with Crippen LogP contribution in [0.15, 0.2) is 48.8 Å². The number of nitrogens with zero attached hydrogens (tertiary/aromatic N) is 8. The summed E-state index contributed by atoms with van der Waals surface area (Å²) in [7, 11) is 0. The number of likely N-dealkylation sites (tertiary alicyclic amines) is 1. The van der Waals surface area contributed by atoms with E-state index in [4.69, 9.17) is 5.26 Å². The van der Waals surface area contributed by atoms with Crippen molar-refractivity contribution >= 4 is 46.6 Å². The van der Waals surface area contributed by atoms with Crippen LogP contribution in [0.1, 0.15) is 71.4 Å². The van der Waals surface area contributed by atoms with Crippen LogP contribution in [0.25, 0.3) is 0 Å². The number of amides is 5. The van der Waals surface area contributed by atoms with Crippen LogP contribution in [0, 0.1) is 11.3 Å². The van der Waals surface area contributed by atoms with E-state index < -0.39 is 58.4 Å². The van der Waals surface area contributed by atoms with Crippen LogP contribution in [0.4, 0.5) is 30.2 Å². The first-order valence-corrected chi connectivity index (χ1v) is 19.5. The van der Waals surface area contributed by atoms with E-state index in [1.165, 1.54) is 10.7 Å². The molecular formula is C40H41F3N10O5. The minimum Gasteiger partial charge on any atom is -0.368 e. The third-order valence-corrected chi connectivity index (χ3v) is 12.8. The number of piperidine rings is 1. The molecule has 15 nitrogen and oxygen atoms in total. The first-order chi connectivity index (χ1) is 27.6. The second kappa shape index (κ2) is 13.7. The van der Waals surface area contributed by atoms with Gasteiger partial charge in [0.25, 0.3) is 17.7 Å². The number of alkyl halides is 3. The van der Waals surface area contributed by atoms with Gasteiger partial charge in [-0.1, -0.05) is 0 Å². The topological polar surface area (TPSA) is 167 Å². The Hall–Kier alpha value is -5.80. The van der Waals surface area contributed by atoms with Gasteiger partial charge in [-0.15, -0.1) is 0 Å². The first-order valence-electron chi connectivity index (χ1n) is 19.5. The molecule has 5 saturated heterocycles. The van der Waals surface area contributed by atoms with E-state index in [0.717, 1.165) is 80.5 Å². The molecule has 302 valence electrons. The van der Waals surface area contributed by atoms with Gasteiger partial charge in [-0.25, -0.2) is 0 Å². The summed E-state index contributed by atoms with van der Waals surface area (Å²) in [6.07, 6.45) is 1.19. The van der Waals surface area contributed by atoms with Crippen LogP contribution in [0.5, 0.6) is 0 Å². The highest BCUT2D eigenvalue weighted by Crippen LogP contribution is 2.39. The number of hydrogen-bond acceptors (Lipinski definition) is 11. The van der Waals surface area contributed by atoms with Crippen molar-refractivity contribution in [2.24, 2.45) is 0 Å². The fraction of sp³-hybridized carbons (Fsp3) is 0.475. The Balaban J connectivity index is 0.773. The molecule has 0 aliphatic carbocycles. The maximum Gasteiger partial charge on any atom is 0.417 e. The van der Waals surface area contributed by atoms with E-state index in [1.54, 1.807) is 44.4 Å². The van der Waals surface area contributed by atoms with Gasteiger partial charge < -0.3 is 15.1 Å². The Morgan fingerprint density at radius 3 is 2.19 bits per heavy atom. The molecule has 3 atom stereocenters. The van der Waals surface area contributed by atoms with Gasteiger partial charge in [-0.2, -0.15) is 23.5 Å². The summed E-state index contributed by atoms with van der Waals surface area (Å²) >= 11 is 0. The number of aromatic nitrogens is 2. The third-order valence-electron chi connectivity index (χ3n) is 12.8. The van der Waals surface area contributed by atoms with Crippen molar-refractivity contribution < 1.29 is 37.1 Å². The van der Waals surface area contributed by atoms with Crippen LogP contribution >= 0.6 is 0 Å². The quantitative estimate of drug-likeness (QED) is 0.322. The normalized spacial score (nSPS) is 24.4. The number of piperazine rings is 1. The van der Waals surface area contributed by atoms with Crippen molar-refractivity contribution in [3.63, 3.8) is 0 Å². The average Bonchev–Trinajstić information content (AvgIpc) is 3.80. The molecule has 2 aromatic carbocycles. The second-order valence-electron chi connectivity index (χ2n) is 16.6. The van der Waals surface area contributed by atoms with E-state index in [0.29, 0.717) is 24.2 Å². The highest BCUT2D eigenvalue weighted by atomic mass is 19.4. The van der Waals surface area contributed by atoms with Gasteiger partial charge in [0.15, 0.2) is 0 Å². The summed E-state index contributed by atoms with van der Waals surface area (Å²) in [5.41, 5.74) is -0.657. The summed E-state index contributed by atoms with van der Waals surface area (Å²) in [6, 6.07) is 10.5. The van der Waals surface area contributed by atoms with E-state index in [2.05, 4.69) is 35.3 Å². The Bertz CT molecular complexity index is 2280. The zero-order valence-electron chi connectivity index (χ0n) is 31.8. The SMILES string of the molecule is CC(C)(C(=O)Nc1ccc(C#N)c(C(F)(F)F)c1)n1cc(N2CC(N3C4CCC3CN(C3CN(c5ccc6c(c5)C(=O)N(C5CCC(=O)NC5=O)C6=O)C3)C4)C2)cn1. The molecule has 6 aliphatic rings. The minimum atomic E-state index is -4.74. The molecule has 5 fully saturated rings. The lowest BCUT2D eigenvalue weighted by Gasteiger charge is -2.55. The summed E-state index contributed by atoms with van der Waals surface area (Å²) in [5, 5.41) is 18.3. The fourth-order valence-corrected chi connectivity index (χ4v) is 9.39. The predicted octanol–water partition coefficient (Wildman–Crippen LogP) is 2.77.